The molecule has 0 radical (unpaired) electrons. The van der Waals surface area contributed by atoms with Crippen LogP contribution in [0.2, 0.25) is 5.02 Å². The first-order valence-electron chi connectivity index (χ1n) is 6.63. The van der Waals surface area contributed by atoms with E-state index in [0.717, 1.165) is 11.0 Å². The molecule has 0 bridgehead atoms. The maximum Gasteiger partial charge on any atom is 0.298 e. The number of benzene rings is 2. The lowest BCUT2D eigenvalue weighted by atomic mass is 10.1. The number of halogens is 1. The average Bonchev–Trinajstić information content (AvgIpc) is 2.86. The minimum Gasteiger partial charge on any atom is -0.320 e. The molecule has 3 aromatic rings. The van der Waals surface area contributed by atoms with Gasteiger partial charge in [0.1, 0.15) is 10.8 Å². The number of fused-ring (bicyclic) bond motifs is 1. The number of nitrogens with zero attached hydrogens (tertiary/aromatic N) is 3. The van der Waals surface area contributed by atoms with Gasteiger partial charge in [0.05, 0.1) is 21.5 Å². The normalized spacial score (nSPS) is 10.8. The van der Waals surface area contributed by atoms with Crippen LogP contribution in [-0.2, 0) is 6.54 Å². The van der Waals surface area contributed by atoms with Crippen molar-refractivity contribution in [2.75, 3.05) is 0 Å². The number of nitro benzene ring substituents is 1. The van der Waals surface area contributed by atoms with Crippen LogP contribution in [0.5, 0.6) is 0 Å². The van der Waals surface area contributed by atoms with Crippen LogP contribution in [0.4, 0.5) is 5.69 Å². The SMILES string of the molecule is C=CCn1c(-c2cccc(Cl)c2[N+](=O)[O-])nc2ccccc21. The third kappa shape index (κ3) is 2.25. The summed E-state index contributed by atoms with van der Waals surface area (Å²) in [5.41, 5.74) is 1.93. The van der Waals surface area contributed by atoms with Crippen LogP contribution >= 0.6 is 11.6 Å². The minimum absolute atomic E-state index is 0.0970. The number of hydrogen-bond acceptors (Lipinski definition) is 3. The standard InChI is InChI=1S/C16H12ClN3O2/c1-2-10-19-14-9-4-3-8-13(14)18-16(19)11-6-5-7-12(17)15(11)20(21)22/h2-9H,1,10H2. The Kier molecular flexibility index (Phi) is 3.65. The zero-order valence-electron chi connectivity index (χ0n) is 11.6. The van der Waals surface area contributed by atoms with Gasteiger partial charge in [0, 0.05) is 6.54 Å². The van der Waals surface area contributed by atoms with Crippen LogP contribution in [0.3, 0.4) is 0 Å². The van der Waals surface area contributed by atoms with Crippen LogP contribution in [0.1, 0.15) is 0 Å². The first-order chi connectivity index (χ1) is 10.6. The lowest BCUT2D eigenvalue weighted by Gasteiger charge is -2.07. The van der Waals surface area contributed by atoms with Gasteiger partial charge in [-0.3, -0.25) is 10.1 Å². The summed E-state index contributed by atoms with van der Waals surface area (Å²) < 4.78 is 1.89. The van der Waals surface area contributed by atoms with Gasteiger partial charge in [-0.1, -0.05) is 35.9 Å². The largest absolute Gasteiger partial charge is 0.320 e. The molecule has 1 aromatic heterocycles. The predicted octanol–water partition coefficient (Wildman–Crippen LogP) is 4.45. The van der Waals surface area contributed by atoms with Crippen LogP contribution < -0.4 is 0 Å². The van der Waals surface area contributed by atoms with E-state index >= 15 is 0 Å². The number of aromatic nitrogens is 2. The highest BCUT2D eigenvalue weighted by Gasteiger charge is 2.23. The van der Waals surface area contributed by atoms with Gasteiger partial charge >= 0.3 is 0 Å². The van der Waals surface area contributed by atoms with Crippen LogP contribution in [0, 0.1) is 10.1 Å². The van der Waals surface area contributed by atoms with E-state index in [4.69, 9.17) is 11.6 Å². The van der Waals surface area contributed by atoms with Gasteiger partial charge in [0.15, 0.2) is 0 Å². The quantitative estimate of drug-likeness (QED) is 0.406. The monoisotopic (exact) mass is 313 g/mol. The molecule has 5 nitrogen and oxygen atoms in total. The second kappa shape index (κ2) is 5.61. The third-order valence-electron chi connectivity index (χ3n) is 3.38. The molecular formula is C16H12ClN3O2. The van der Waals surface area contributed by atoms with Crippen molar-refractivity contribution in [3.8, 4) is 11.4 Å². The zero-order chi connectivity index (χ0) is 15.7. The maximum absolute atomic E-state index is 11.4. The van der Waals surface area contributed by atoms with Crippen molar-refractivity contribution in [1.29, 1.82) is 0 Å². The van der Waals surface area contributed by atoms with E-state index in [2.05, 4.69) is 11.6 Å². The topological polar surface area (TPSA) is 61.0 Å². The van der Waals surface area contributed by atoms with Gasteiger partial charge < -0.3 is 4.57 Å². The van der Waals surface area contributed by atoms with Gasteiger partial charge in [-0.2, -0.15) is 0 Å². The van der Waals surface area contributed by atoms with Crippen molar-refractivity contribution < 1.29 is 4.92 Å². The Balaban J connectivity index is 2.35. The molecule has 6 heteroatoms. The van der Waals surface area contributed by atoms with Gasteiger partial charge in [-0.05, 0) is 24.3 Å². The minimum atomic E-state index is -0.477. The lowest BCUT2D eigenvalue weighted by Crippen LogP contribution is -2.01. The predicted molar refractivity (Wildman–Crippen MR) is 87.0 cm³/mol. The molecule has 0 amide bonds. The summed E-state index contributed by atoms with van der Waals surface area (Å²) in [6.07, 6.45) is 1.73. The van der Waals surface area contributed by atoms with Crippen molar-refractivity contribution in [3.05, 3.63) is 70.3 Å². The molecule has 22 heavy (non-hydrogen) atoms. The highest BCUT2D eigenvalue weighted by molar-refractivity contribution is 6.33. The molecule has 0 aliphatic rings. The van der Waals surface area contributed by atoms with Gasteiger partial charge in [0.2, 0.25) is 0 Å². The Morgan fingerprint density at radius 3 is 2.77 bits per heavy atom. The molecule has 3 rings (SSSR count). The fourth-order valence-corrected chi connectivity index (χ4v) is 2.72. The molecule has 0 fully saturated rings. The molecule has 0 aliphatic heterocycles. The van der Waals surface area contributed by atoms with E-state index in [1.165, 1.54) is 6.07 Å². The van der Waals surface area contributed by atoms with E-state index < -0.39 is 4.92 Å². The Morgan fingerprint density at radius 2 is 2.05 bits per heavy atom. The van der Waals surface area contributed by atoms with Crippen molar-refractivity contribution in [2.24, 2.45) is 0 Å². The van der Waals surface area contributed by atoms with Crippen LogP contribution in [0.25, 0.3) is 22.4 Å². The molecule has 0 aliphatic carbocycles. The molecule has 1 heterocycles. The summed E-state index contributed by atoms with van der Waals surface area (Å²) in [4.78, 5) is 15.4. The van der Waals surface area contributed by atoms with Crippen molar-refractivity contribution in [3.63, 3.8) is 0 Å². The molecule has 110 valence electrons. The summed E-state index contributed by atoms with van der Waals surface area (Å²) in [6, 6.07) is 12.4. The second-order valence-electron chi connectivity index (χ2n) is 4.72. The fraction of sp³-hybridized carbons (Fsp3) is 0.0625. The number of para-hydroxylation sites is 3. The van der Waals surface area contributed by atoms with E-state index in [0.29, 0.717) is 17.9 Å². The number of allylic oxidation sites excluding steroid dienone is 1. The fourth-order valence-electron chi connectivity index (χ4n) is 2.48. The van der Waals surface area contributed by atoms with E-state index in [1.807, 2.05) is 28.8 Å². The highest BCUT2D eigenvalue weighted by Crippen LogP contribution is 2.36. The molecule has 0 N–H and O–H groups in total. The summed E-state index contributed by atoms with van der Waals surface area (Å²) in [6.45, 7) is 4.24. The Labute approximate surface area is 131 Å². The average molecular weight is 314 g/mol. The van der Waals surface area contributed by atoms with Crippen molar-refractivity contribution in [2.45, 2.75) is 6.54 Å². The first kappa shape index (κ1) is 14.3. The Hall–Kier alpha value is -2.66. The zero-order valence-corrected chi connectivity index (χ0v) is 12.3. The Morgan fingerprint density at radius 1 is 1.27 bits per heavy atom. The molecule has 0 atom stereocenters. The van der Waals surface area contributed by atoms with E-state index in [1.54, 1.807) is 18.2 Å². The third-order valence-corrected chi connectivity index (χ3v) is 3.68. The second-order valence-corrected chi connectivity index (χ2v) is 5.12. The smallest absolute Gasteiger partial charge is 0.298 e. The Bertz CT molecular complexity index is 886. The summed E-state index contributed by atoms with van der Waals surface area (Å²) in [5, 5.41) is 11.5. The molecule has 0 spiro atoms. The number of rotatable bonds is 4. The lowest BCUT2D eigenvalue weighted by molar-refractivity contribution is -0.384. The highest BCUT2D eigenvalue weighted by atomic mass is 35.5. The summed E-state index contributed by atoms with van der Waals surface area (Å²) in [5.74, 6) is 0.510. The molecule has 2 aromatic carbocycles. The van der Waals surface area contributed by atoms with Crippen LogP contribution in [-0.4, -0.2) is 14.5 Å². The van der Waals surface area contributed by atoms with Gasteiger partial charge in [0.25, 0.3) is 5.69 Å². The van der Waals surface area contributed by atoms with Gasteiger partial charge in [-0.25, -0.2) is 4.98 Å². The summed E-state index contributed by atoms with van der Waals surface area (Å²) in [7, 11) is 0. The van der Waals surface area contributed by atoms with Crippen molar-refractivity contribution in [1.82, 2.24) is 9.55 Å². The maximum atomic E-state index is 11.4. The van der Waals surface area contributed by atoms with E-state index in [9.17, 15) is 10.1 Å². The van der Waals surface area contributed by atoms with Crippen LogP contribution in [0.15, 0.2) is 55.1 Å². The van der Waals surface area contributed by atoms with E-state index in [-0.39, 0.29) is 10.7 Å². The molecular weight excluding hydrogens is 302 g/mol. The summed E-state index contributed by atoms with van der Waals surface area (Å²) >= 11 is 6.00. The van der Waals surface area contributed by atoms with Crippen molar-refractivity contribution >= 4 is 28.3 Å². The number of hydrogen-bond donors (Lipinski definition) is 0. The molecule has 0 saturated carbocycles. The molecule has 0 unspecified atom stereocenters. The molecule has 0 saturated heterocycles. The van der Waals surface area contributed by atoms with Gasteiger partial charge in [-0.15, -0.1) is 6.58 Å². The first-order valence-corrected chi connectivity index (χ1v) is 7.00. The number of imidazole rings is 1. The number of nitro groups is 1.